The molecule has 2 spiro atoms. The van der Waals surface area contributed by atoms with E-state index in [1.807, 2.05) is 0 Å². The predicted octanol–water partition coefficient (Wildman–Crippen LogP) is 2.73. The van der Waals surface area contributed by atoms with Crippen LogP contribution in [0.1, 0.15) is 51.9 Å². The third kappa shape index (κ3) is 1.46. The highest BCUT2D eigenvalue weighted by Gasteiger charge is 2.71. The van der Waals surface area contributed by atoms with E-state index in [0.717, 1.165) is 25.1 Å². The van der Waals surface area contributed by atoms with E-state index in [0.29, 0.717) is 11.5 Å². The molecular formula is C14H25NO. The molecule has 0 aromatic heterocycles. The molecule has 2 atom stereocenters. The fourth-order valence-corrected chi connectivity index (χ4v) is 4.02. The standard InChI is InChI=1S/C14H25NO/c1-2-9-15-10-11-16-12-3-4-14(12)8-7-13(14)5-6-13/h12,15H,2-11H2,1H3. The van der Waals surface area contributed by atoms with Crippen LogP contribution in [0.4, 0.5) is 0 Å². The molecule has 92 valence electrons. The molecule has 0 aromatic carbocycles. The monoisotopic (exact) mass is 223 g/mol. The van der Waals surface area contributed by atoms with E-state index in [4.69, 9.17) is 4.74 Å². The molecule has 0 amide bonds. The Kier molecular flexibility index (Phi) is 2.75. The Balaban J connectivity index is 1.40. The number of rotatable bonds is 6. The zero-order valence-electron chi connectivity index (χ0n) is 10.6. The van der Waals surface area contributed by atoms with Crippen LogP contribution in [0, 0.1) is 10.8 Å². The summed E-state index contributed by atoms with van der Waals surface area (Å²) in [5, 5.41) is 3.41. The fraction of sp³-hybridized carbons (Fsp3) is 1.00. The van der Waals surface area contributed by atoms with E-state index in [1.165, 1.54) is 44.9 Å². The van der Waals surface area contributed by atoms with Gasteiger partial charge in [-0.3, -0.25) is 0 Å². The first kappa shape index (κ1) is 11.0. The van der Waals surface area contributed by atoms with Crippen molar-refractivity contribution in [2.45, 2.75) is 58.0 Å². The molecule has 3 rings (SSSR count). The zero-order valence-corrected chi connectivity index (χ0v) is 10.6. The second-order valence-corrected chi connectivity index (χ2v) is 6.08. The molecule has 1 N–H and O–H groups in total. The summed E-state index contributed by atoms with van der Waals surface area (Å²) in [7, 11) is 0. The van der Waals surface area contributed by atoms with E-state index in [9.17, 15) is 0 Å². The Morgan fingerprint density at radius 2 is 1.94 bits per heavy atom. The van der Waals surface area contributed by atoms with Crippen molar-refractivity contribution in [1.29, 1.82) is 0 Å². The Hall–Kier alpha value is -0.0800. The number of ether oxygens (including phenoxy) is 1. The molecule has 0 heterocycles. The van der Waals surface area contributed by atoms with Gasteiger partial charge in [0.1, 0.15) is 0 Å². The number of hydrogen-bond donors (Lipinski definition) is 1. The molecule has 3 aliphatic rings. The second kappa shape index (κ2) is 3.99. The summed E-state index contributed by atoms with van der Waals surface area (Å²) in [6.45, 7) is 5.29. The summed E-state index contributed by atoms with van der Waals surface area (Å²) in [6.07, 6.45) is 10.6. The van der Waals surface area contributed by atoms with Crippen molar-refractivity contribution in [3.8, 4) is 0 Å². The van der Waals surface area contributed by atoms with Gasteiger partial charge in [0.25, 0.3) is 0 Å². The average Bonchev–Trinajstić information content (AvgIpc) is 3.02. The van der Waals surface area contributed by atoms with Crippen LogP contribution in [0.25, 0.3) is 0 Å². The van der Waals surface area contributed by atoms with E-state index in [-0.39, 0.29) is 0 Å². The maximum Gasteiger partial charge on any atom is 0.0637 e. The average molecular weight is 223 g/mol. The van der Waals surface area contributed by atoms with Gasteiger partial charge < -0.3 is 10.1 Å². The van der Waals surface area contributed by atoms with Crippen LogP contribution in [0.3, 0.4) is 0 Å². The molecule has 0 radical (unpaired) electrons. The van der Waals surface area contributed by atoms with Crippen molar-refractivity contribution >= 4 is 0 Å². The van der Waals surface area contributed by atoms with E-state index in [1.54, 1.807) is 0 Å². The van der Waals surface area contributed by atoms with Crippen molar-refractivity contribution in [1.82, 2.24) is 5.32 Å². The van der Waals surface area contributed by atoms with Crippen molar-refractivity contribution < 1.29 is 4.74 Å². The largest absolute Gasteiger partial charge is 0.376 e. The molecule has 3 fully saturated rings. The van der Waals surface area contributed by atoms with Crippen LogP contribution in [0.5, 0.6) is 0 Å². The minimum Gasteiger partial charge on any atom is -0.376 e. The topological polar surface area (TPSA) is 21.3 Å². The lowest BCUT2D eigenvalue weighted by Crippen LogP contribution is -2.59. The normalized spacial score (nSPS) is 38.4. The smallest absolute Gasteiger partial charge is 0.0637 e. The molecule has 0 aliphatic heterocycles. The van der Waals surface area contributed by atoms with Gasteiger partial charge in [0.15, 0.2) is 0 Å². The fourth-order valence-electron chi connectivity index (χ4n) is 4.02. The lowest BCUT2D eigenvalue weighted by atomic mass is 9.46. The second-order valence-electron chi connectivity index (χ2n) is 6.08. The van der Waals surface area contributed by atoms with Gasteiger partial charge in [-0.05, 0) is 56.9 Å². The van der Waals surface area contributed by atoms with Crippen LogP contribution in [0.2, 0.25) is 0 Å². The Morgan fingerprint density at radius 1 is 1.12 bits per heavy atom. The molecular weight excluding hydrogens is 198 g/mol. The van der Waals surface area contributed by atoms with Crippen molar-refractivity contribution in [2.75, 3.05) is 19.7 Å². The molecule has 3 saturated carbocycles. The molecule has 0 bridgehead atoms. The van der Waals surface area contributed by atoms with Gasteiger partial charge in [0.05, 0.1) is 12.7 Å². The van der Waals surface area contributed by atoms with E-state index in [2.05, 4.69) is 12.2 Å². The molecule has 0 aromatic rings. The Labute approximate surface area is 99.1 Å². The molecule has 16 heavy (non-hydrogen) atoms. The molecule has 3 aliphatic carbocycles. The lowest BCUT2D eigenvalue weighted by Gasteiger charge is -2.62. The van der Waals surface area contributed by atoms with Crippen LogP contribution < -0.4 is 5.32 Å². The first-order valence-electron chi connectivity index (χ1n) is 7.15. The SMILES string of the molecule is CCCNCCOC1CCC12CCC21CC1. The van der Waals surface area contributed by atoms with Crippen LogP contribution in [0.15, 0.2) is 0 Å². The highest BCUT2D eigenvalue weighted by molar-refractivity contribution is 5.21. The quantitative estimate of drug-likeness (QED) is 0.699. The van der Waals surface area contributed by atoms with Crippen LogP contribution in [-0.2, 0) is 4.74 Å². The summed E-state index contributed by atoms with van der Waals surface area (Å²) in [6, 6.07) is 0. The summed E-state index contributed by atoms with van der Waals surface area (Å²) in [5.41, 5.74) is 1.45. The Morgan fingerprint density at radius 3 is 2.44 bits per heavy atom. The van der Waals surface area contributed by atoms with Gasteiger partial charge >= 0.3 is 0 Å². The van der Waals surface area contributed by atoms with Crippen LogP contribution >= 0.6 is 0 Å². The predicted molar refractivity (Wildman–Crippen MR) is 65.5 cm³/mol. The van der Waals surface area contributed by atoms with Crippen molar-refractivity contribution in [3.05, 3.63) is 0 Å². The lowest BCUT2D eigenvalue weighted by molar-refractivity contribution is -0.199. The maximum absolute atomic E-state index is 6.10. The molecule has 2 unspecified atom stereocenters. The summed E-state index contributed by atoms with van der Waals surface area (Å²) < 4.78 is 6.10. The summed E-state index contributed by atoms with van der Waals surface area (Å²) >= 11 is 0. The summed E-state index contributed by atoms with van der Waals surface area (Å²) in [5.74, 6) is 0. The Bertz CT molecular complexity index is 257. The van der Waals surface area contributed by atoms with Gasteiger partial charge in [-0.15, -0.1) is 0 Å². The third-order valence-corrected chi connectivity index (χ3v) is 5.45. The summed E-state index contributed by atoms with van der Waals surface area (Å²) in [4.78, 5) is 0. The number of hydrogen-bond acceptors (Lipinski definition) is 2. The van der Waals surface area contributed by atoms with Gasteiger partial charge in [0.2, 0.25) is 0 Å². The molecule has 2 nitrogen and oxygen atoms in total. The van der Waals surface area contributed by atoms with Crippen molar-refractivity contribution in [2.24, 2.45) is 10.8 Å². The molecule has 2 heteroatoms. The zero-order chi connectivity index (χ0) is 11.1. The minimum atomic E-state index is 0.618. The first-order chi connectivity index (χ1) is 7.83. The van der Waals surface area contributed by atoms with Gasteiger partial charge in [-0.2, -0.15) is 0 Å². The van der Waals surface area contributed by atoms with Gasteiger partial charge in [-0.25, -0.2) is 0 Å². The minimum absolute atomic E-state index is 0.618. The highest BCUT2D eigenvalue weighted by atomic mass is 16.5. The van der Waals surface area contributed by atoms with E-state index >= 15 is 0 Å². The molecule has 0 saturated heterocycles. The maximum atomic E-state index is 6.10. The number of nitrogens with one attached hydrogen (secondary N) is 1. The third-order valence-electron chi connectivity index (χ3n) is 5.45. The number of fused-ring (bicyclic) bond motifs is 1. The van der Waals surface area contributed by atoms with Crippen molar-refractivity contribution in [3.63, 3.8) is 0 Å². The van der Waals surface area contributed by atoms with Gasteiger partial charge in [0, 0.05) is 12.0 Å². The first-order valence-corrected chi connectivity index (χ1v) is 7.15. The highest BCUT2D eigenvalue weighted by Crippen LogP contribution is 2.78. The van der Waals surface area contributed by atoms with Gasteiger partial charge in [-0.1, -0.05) is 6.92 Å². The van der Waals surface area contributed by atoms with Crippen LogP contribution in [-0.4, -0.2) is 25.8 Å². The van der Waals surface area contributed by atoms with E-state index < -0.39 is 0 Å².